The van der Waals surface area contributed by atoms with E-state index < -0.39 is 0 Å². The van der Waals surface area contributed by atoms with Gasteiger partial charge >= 0.3 is 0 Å². The van der Waals surface area contributed by atoms with E-state index in [0.29, 0.717) is 4.75 Å². The van der Waals surface area contributed by atoms with Crippen molar-refractivity contribution in [2.24, 2.45) is 0 Å². The number of nitrogens with zero attached hydrogens (tertiary/aromatic N) is 1. The van der Waals surface area contributed by atoms with Crippen molar-refractivity contribution in [3.63, 3.8) is 0 Å². The Morgan fingerprint density at radius 2 is 0.514 bits per heavy atom. The molecule has 1 saturated carbocycles. The Balaban J connectivity index is 0.00000172. The molecule has 2 saturated heterocycles. The molecule has 1 nitrogen and oxygen atoms in total. The third-order valence-corrected chi connectivity index (χ3v) is 107. The summed E-state index contributed by atoms with van der Waals surface area (Å²) in [5.74, 6) is 1.26. The summed E-state index contributed by atoms with van der Waals surface area (Å²) in [7, 11) is 82.0. The van der Waals surface area contributed by atoms with Crippen molar-refractivity contribution in [1.29, 1.82) is 0 Å². The maximum absolute atomic E-state index is 4.81. The van der Waals surface area contributed by atoms with Gasteiger partial charge in [-0.2, -0.15) is 12.6 Å². The van der Waals surface area contributed by atoms with Crippen LogP contribution in [0.15, 0.2) is 0 Å². The molecule has 1 unspecified atom stereocenters. The van der Waals surface area contributed by atoms with Crippen LogP contribution in [0.2, 0.25) is 0 Å². The summed E-state index contributed by atoms with van der Waals surface area (Å²) in [6.45, 7) is 14.1. The van der Waals surface area contributed by atoms with Crippen LogP contribution in [0.1, 0.15) is 78.6 Å². The largest absolute Gasteiger partial charge is 0.302 e. The summed E-state index contributed by atoms with van der Waals surface area (Å²) in [4.78, 5) is 2.52. The van der Waals surface area contributed by atoms with Gasteiger partial charge in [-0.15, -0.1) is 11.8 Å². The van der Waals surface area contributed by atoms with Gasteiger partial charge in [0.1, 0.15) is 0 Å². The van der Waals surface area contributed by atoms with Crippen LogP contribution >= 0.6 is 24.4 Å². The lowest BCUT2D eigenvalue weighted by Crippen LogP contribution is -2.38. The Hall–Kier alpha value is 11.1. The molecule has 2 heterocycles. The van der Waals surface area contributed by atoms with E-state index in [9.17, 15) is 0 Å². The van der Waals surface area contributed by atoms with Crippen molar-refractivity contribution < 1.29 is 0 Å². The highest BCUT2D eigenvalue weighted by Crippen LogP contribution is 2.42. The fraction of sp³-hybridized carbons (Fsp3) is 0.947. The summed E-state index contributed by atoms with van der Waals surface area (Å²) in [5, 5.41) is 0. The average molecular weight is 1880 g/mol. The molecular formula is C19H38NS50+. The third kappa shape index (κ3) is 75.2. The summed E-state index contributed by atoms with van der Waals surface area (Å²) in [6.07, 6.45) is 13.2. The predicted octanol–water partition coefficient (Wildman–Crippen LogP) is 5.73. The minimum Gasteiger partial charge on any atom is -0.302 e. The Bertz CT molecular complexity index is 3600. The van der Waals surface area contributed by atoms with Crippen molar-refractivity contribution in [2.75, 3.05) is 25.4 Å². The molecule has 418 valence electrons. The van der Waals surface area contributed by atoms with Crippen LogP contribution in [-0.4, -0.2) is 39.8 Å². The highest BCUT2D eigenvalue weighted by molar-refractivity contribution is 8.82. The van der Waals surface area contributed by atoms with Crippen LogP contribution < -0.4 is 0 Å². The lowest BCUT2D eigenvalue weighted by Gasteiger charge is -2.31. The summed E-state index contributed by atoms with van der Waals surface area (Å²) in [6, 6.07) is 0. The van der Waals surface area contributed by atoms with Crippen molar-refractivity contribution in [2.45, 2.75) is 88.1 Å². The van der Waals surface area contributed by atoms with E-state index in [0.717, 1.165) is 6.54 Å². The second kappa shape index (κ2) is 67.6. The van der Waals surface area contributed by atoms with E-state index in [1.54, 1.807) is 107 Å². The number of hydrogen-bond acceptors (Lipinski definition) is 5. The van der Waals surface area contributed by atoms with E-state index >= 15 is 0 Å². The molecule has 3 rings (SSSR count). The molecule has 51 heteroatoms. The van der Waals surface area contributed by atoms with E-state index in [-0.39, 0.29) is 4.75 Å². The fourth-order valence-electron chi connectivity index (χ4n) is 3.35. The van der Waals surface area contributed by atoms with Gasteiger partial charge in [0.15, 0.2) is 4.75 Å². The molecule has 1 atom stereocenters. The normalized spacial score (nSPS) is 14.3. The van der Waals surface area contributed by atoms with Gasteiger partial charge < -0.3 is 4.90 Å². The Labute approximate surface area is 566 Å². The van der Waals surface area contributed by atoms with Crippen molar-refractivity contribution in [3.05, 3.63) is 6.92 Å². The van der Waals surface area contributed by atoms with E-state index in [1.807, 2.05) is 296 Å². The van der Waals surface area contributed by atoms with Crippen LogP contribution in [-0.2, 0) is 431 Å². The molecule has 0 radical (unpaired) electrons. The lowest BCUT2D eigenvalue weighted by atomic mass is 10.0. The maximum Gasteiger partial charge on any atom is 0.157 e. The zero-order valence-electron chi connectivity index (χ0n) is 34.8. The van der Waals surface area contributed by atoms with E-state index in [4.69, 9.17) is 22.4 Å². The smallest absolute Gasteiger partial charge is 0.157 e. The molecule has 0 aromatic rings. The molecule has 0 aromatic heterocycles. The predicted molar refractivity (Wildman–Crippen MR) is 461 cm³/mol. The Morgan fingerprint density at radius 1 is 0.371 bits per heavy atom. The summed E-state index contributed by atoms with van der Waals surface area (Å²) >= 11 is 16.1. The first-order chi connectivity index (χ1) is 34.2. The average Bonchev–Trinajstić information content (AvgIpc) is 4.07. The topological polar surface area (TPSA) is 3.24 Å². The van der Waals surface area contributed by atoms with Crippen LogP contribution in [0.25, 0.3) is 0 Å². The number of thioether (sulfide) groups is 1. The number of piperidine rings is 1. The molecule has 3 fully saturated rings. The van der Waals surface area contributed by atoms with Crippen LogP contribution in [0.3, 0.4) is 0 Å². The molecule has 1 aliphatic carbocycles. The number of thiol groups is 1. The third-order valence-electron chi connectivity index (χ3n) is 5.45. The SMILES string of the molecule is C1CCCCC1.CC(C)(S)CN1CCCCC1.S=S=S=S=S=S=S=S=S=S=S=S=S=S=S=S=S=S=S=S=S=S=S=S=S=S=S=S=S=S=S=S=S=S=S=S=S=S=S=S=S=S=S=S=S=S=S=S.[CH2+]C1(C)CS1. The quantitative estimate of drug-likeness (QED) is 0.214. The fourth-order valence-corrected chi connectivity index (χ4v) is 125. The first-order valence-corrected chi connectivity index (χ1v) is 81.2. The molecule has 0 amide bonds. The molecular weight excluding hydrogens is 1850 g/mol. The van der Waals surface area contributed by atoms with Crippen molar-refractivity contribution in [1.82, 2.24) is 4.90 Å². The van der Waals surface area contributed by atoms with Crippen molar-refractivity contribution in [3.8, 4) is 0 Å². The minimum absolute atomic E-state index is 0.178. The summed E-state index contributed by atoms with van der Waals surface area (Å²) in [5.41, 5.74) is 0. The molecule has 0 bridgehead atoms. The minimum atomic E-state index is 0.178. The number of rotatable bonds is 2. The number of hydrogen-bond donors (Lipinski definition) is 1. The van der Waals surface area contributed by atoms with E-state index in [1.165, 1.54) is 94.4 Å². The molecule has 0 spiro atoms. The van der Waals surface area contributed by atoms with Crippen LogP contribution in [0.4, 0.5) is 0 Å². The second-order valence-electron chi connectivity index (χ2n) is 11.1. The highest BCUT2D eigenvalue weighted by atomic mass is 33.5. The van der Waals surface area contributed by atoms with Gasteiger partial charge in [-0.05, 0) is 46.7 Å². The van der Waals surface area contributed by atoms with Gasteiger partial charge in [0.2, 0.25) is 0 Å². The monoisotopic (exact) mass is 1880 g/mol. The maximum atomic E-state index is 4.81. The first kappa shape index (κ1) is 81.1. The molecule has 2 aliphatic heterocycles. The Morgan fingerprint density at radius 3 is 0.643 bits per heavy atom. The van der Waals surface area contributed by atoms with Gasteiger partial charge in [-0.3, -0.25) is 0 Å². The standard InChI is InChI=1S/C9H19NS.C6H12.C4H7S.S48/c1-9(2,11)8-10-6-4-3-5-7-10;1-2-4-6-5-3-1;1-4(2)3-5-4;1-3-5-7-9-11-13-15-17-19-21-23-25-27-29-31-33-35-37-39-41-43-45-47-48-46-44-42-40-38-36-34-32-30-28-26-24-22-20-18-16-14-12-10-8-6-4-2/h11H,3-8H2,1-2H3;1-6H2;1,3H2,2H3;/q;;+1;. The summed E-state index contributed by atoms with van der Waals surface area (Å²) < 4.78 is 0.595. The lowest BCUT2D eigenvalue weighted by molar-refractivity contribution is 0.215. The van der Waals surface area contributed by atoms with E-state index in [2.05, 4.69) is 45.2 Å². The van der Waals surface area contributed by atoms with Gasteiger partial charge in [-0.1, -0.05) is 44.9 Å². The van der Waals surface area contributed by atoms with Gasteiger partial charge in [0.25, 0.3) is 0 Å². The van der Waals surface area contributed by atoms with Crippen LogP contribution in [0, 0.1) is 6.92 Å². The molecule has 3 aliphatic rings. The molecule has 70 heavy (non-hydrogen) atoms. The second-order valence-corrected chi connectivity index (χ2v) is 95.3. The first-order valence-electron chi connectivity index (χ1n) is 17.1. The van der Waals surface area contributed by atoms with Crippen molar-refractivity contribution >= 4 is 455 Å². The Kier molecular flexibility index (Phi) is 78.3. The zero-order chi connectivity index (χ0) is 51.0. The number of likely N-dealkylation sites (tertiary alicyclic amines) is 1. The molecule has 0 aromatic carbocycles. The zero-order valence-corrected chi connectivity index (χ0v) is 75.7. The van der Waals surface area contributed by atoms with Gasteiger partial charge in [-0.25, -0.2) is 0 Å². The highest BCUT2D eigenvalue weighted by Gasteiger charge is 2.41. The molecule has 0 N–H and O–H groups in total. The van der Waals surface area contributed by atoms with Gasteiger partial charge in [0.05, 0.1) is 12.7 Å². The van der Waals surface area contributed by atoms with Crippen LogP contribution in [0.5, 0.6) is 0 Å². The van der Waals surface area contributed by atoms with Gasteiger partial charge in [0, 0.05) is 442 Å².